The fourth-order valence-corrected chi connectivity index (χ4v) is 5.09. The molecular weight excluding hydrogens is 468 g/mol. The van der Waals surface area contributed by atoms with Crippen LogP contribution in [0.1, 0.15) is 31.1 Å². The van der Waals surface area contributed by atoms with Crippen molar-refractivity contribution in [3.63, 3.8) is 0 Å². The van der Waals surface area contributed by atoms with E-state index in [1.54, 1.807) is 22.7 Å². The normalized spacial score (nSPS) is 10.9. The number of hydrogen-bond acceptors (Lipinski definition) is 7. The molecule has 3 rings (SSSR count). The SMILES string of the molecule is CCSc1ccccc1C(=O)N(CCN(CC)CC)c1nc2ccc([N+](=O)[O-])cc2s1.Cl. The van der Waals surface area contributed by atoms with Gasteiger partial charge in [0.2, 0.25) is 0 Å². The second-order valence-corrected chi connectivity index (χ2v) is 9.13. The van der Waals surface area contributed by atoms with E-state index in [4.69, 9.17) is 0 Å². The number of carbonyl (C=O) groups excluding carboxylic acids is 1. The lowest BCUT2D eigenvalue weighted by molar-refractivity contribution is -0.384. The van der Waals surface area contributed by atoms with Crippen LogP contribution in [0.5, 0.6) is 0 Å². The van der Waals surface area contributed by atoms with Gasteiger partial charge < -0.3 is 4.90 Å². The number of thioether (sulfide) groups is 1. The largest absolute Gasteiger partial charge is 0.302 e. The first-order chi connectivity index (χ1) is 15.0. The Morgan fingerprint density at radius 2 is 1.84 bits per heavy atom. The van der Waals surface area contributed by atoms with E-state index in [0.29, 0.717) is 27.5 Å². The van der Waals surface area contributed by atoms with Crippen LogP contribution in [0.3, 0.4) is 0 Å². The van der Waals surface area contributed by atoms with E-state index < -0.39 is 4.92 Å². The molecule has 0 fully saturated rings. The number of carbonyl (C=O) groups is 1. The molecule has 1 heterocycles. The molecule has 0 bridgehead atoms. The summed E-state index contributed by atoms with van der Waals surface area (Å²) in [6.45, 7) is 9.26. The highest BCUT2D eigenvalue weighted by atomic mass is 35.5. The van der Waals surface area contributed by atoms with Gasteiger partial charge in [0, 0.05) is 30.1 Å². The van der Waals surface area contributed by atoms with Crippen LogP contribution in [0.4, 0.5) is 10.8 Å². The number of aromatic nitrogens is 1. The number of fused-ring (bicyclic) bond motifs is 1. The number of non-ortho nitro benzene ring substituents is 1. The average molecular weight is 495 g/mol. The maximum absolute atomic E-state index is 13.6. The van der Waals surface area contributed by atoms with Crippen molar-refractivity contribution in [2.24, 2.45) is 0 Å². The van der Waals surface area contributed by atoms with Crippen molar-refractivity contribution in [3.05, 3.63) is 58.1 Å². The third kappa shape index (κ3) is 5.98. The number of thiazole rings is 1. The van der Waals surface area contributed by atoms with Gasteiger partial charge in [0.25, 0.3) is 11.6 Å². The number of nitrogens with zero attached hydrogens (tertiary/aromatic N) is 4. The van der Waals surface area contributed by atoms with Crippen molar-refractivity contribution >= 4 is 62.4 Å². The molecule has 7 nitrogen and oxygen atoms in total. The molecule has 0 unspecified atom stereocenters. The summed E-state index contributed by atoms with van der Waals surface area (Å²) < 4.78 is 0.695. The van der Waals surface area contributed by atoms with Crippen molar-refractivity contribution < 1.29 is 9.72 Å². The molecule has 10 heteroatoms. The van der Waals surface area contributed by atoms with Gasteiger partial charge >= 0.3 is 0 Å². The van der Waals surface area contributed by atoms with Crippen LogP contribution in [-0.4, -0.2) is 52.6 Å². The predicted octanol–water partition coefficient (Wildman–Crippen LogP) is 5.73. The minimum Gasteiger partial charge on any atom is -0.302 e. The third-order valence-corrected chi connectivity index (χ3v) is 7.00. The molecular formula is C22H27ClN4O3S2. The molecule has 0 atom stereocenters. The van der Waals surface area contributed by atoms with Crippen molar-refractivity contribution in [2.45, 2.75) is 25.7 Å². The molecule has 0 aliphatic heterocycles. The molecule has 1 aromatic heterocycles. The summed E-state index contributed by atoms with van der Waals surface area (Å²) in [5.41, 5.74) is 1.33. The Morgan fingerprint density at radius 1 is 1.12 bits per heavy atom. The molecule has 32 heavy (non-hydrogen) atoms. The van der Waals surface area contributed by atoms with Gasteiger partial charge in [-0.25, -0.2) is 4.98 Å². The average Bonchev–Trinajstić information content (AvgIpc) is 3.20. The van der Waals surface area contributed by atoms with E-state index in [1.165, 1.54) is 23.5 Å². The molecule has 0 saturated carbocycles. The molecule has 0 N–H and O–H groups in total. The maximum Gasteiger partial charge on any atom is 0.270 e. The van der Waals surface area contributed by atoms with Gasteiger partial charge in [-0.3, -0.25) is 19.8 Å². The number of amides is 1. The maximum atomic E-state index is 13.6. The summed E-state index contributed by atoms with van der Waals surface area (Å²) in [4.78, 5) is 33.9. The predicted molar refractivity (Wildman–Crippen MR) is 136 cm³/mol. The van der Waals surface area contributed by atoms with E-state index in [0.717, 1.165) is 30.3 Å². The Hall–Kier alpha value is -2.20. The van der Waals surface area contributed by atoms with Crippen LogP contribution in [0, 0.1) is 10.1 Å². The summed E-state index contributed by atoms with van der Waals surface area (Å²) in [7, 11) is 0. The molecule has 0 aliphatic carbocycles. The fourth-order valence-electron chi connectivity index (χ4n) is 3.27. The summed E-state index contributed by atoms with van der Waals surface area (Å²) >= 11 is 2.95. The van der Waals surface area contributed by atoms with E-state index in [2.05, 4.69) is 30.7 Å². The van der Waals surface area contributed by atoms with Gasteiger partial charge in [0.15, 0.2) is 5.13 Å². The highest BCUT2D eigenvalue weighted by molar-refractivity contribution is 7.99. The Morgan fingerprint density at radius 3 is 2.50 bits per heavy atom. The van der Waals surface area contributed by atoms with Crippen molar-refractivity contribution in [3.8, 4) is 0 Å². The summed E-state index contributed by atoms with van der Waals surface area (Å²) in [5.74, 6) is 0.770. The highest BCUT2D eigenvalue weighted by Gasteiger charge is 2.24. The number of halogens is 1. The van der Waals surface area contributed by atoms with E-state index in [9.17, 15) is 14.9 Å². The first-order valence-corrected chi connectivity index (χ1v) is 12.1. The van der Waals surface area contributed by atoms with Crippen LogP contribution < -0.4 is 4.90 Å². The van der Waals surface area contributed by atoms with Crippen LogP contribution in [0.25, 0.3) is 10.2 Å². The quantitative estimate of drug-likeness (QED) is 0.203. The zero-order valence-corrected chi connectivity index (χ0v) is 20.8. The number of benzene rings is 2. The topological polar surface area (TPSA) is 79.6 Å². The summed E-state index contributed by atoms with van der Waals surface area (Å²) in [5, 5.41) is 11.7. The standard InChI is InChI=1S/C22H26N4O3S2.ClH/c1-4-24(5-2)13-14-25(21(27)17-9-7-8-10-19(17)30-6-3)22-23-18-12-11-16(26(28)29)15-20(18)31-22;/h7-12,15H,4-6,13-14H2,1-3H3;1H. The van der Waals surface area contributed by atoms with Crippen LogP contribution in [0.15, 0.2) is 47.4 Å². The lowest BCUT2D eigenvalue weighted by atomic mass is 10.2. The zero-order valence-electron chi connectivity index (χ0n) is 18.3. The highest BCUT2D eigenvalue weighted by Crippen LogP contribution is 2.33. The molecule has 0 spiro atoms. The van der Waals surface area contributed by atoms with Gasteiger partial charge in [-0.15, -0.1) is 24.2 Å². The number of anilines is 1. The third-order valence-electron chi connectivity index (χ3n) is 5.00. The van der Waals surface area contributed by atoms with Crippen molar-refractivity contribution in [2.75, 3.05) is 36.8 Å². The first kappa shape index (κ1) is 26.1. The molecule has 172 valence electrons. The number of likely N-dealkylation sites (N-methyl/N-ethyl adjacent to an activating group) is 1. The Balaban J connectivity index is 0.00000363. The molecule has 2 aromatic carbocycles. The Bertz CT molecular complexity index is 1070. The molecule has 1 amide bonds. The monoisotopic (exact) mass is 494 g/mol. The molecule has 3 aromatic rings. The van der Waals surface area contributed by atoms with Crippen LogP contribution in [-0.2, 0) is 0 Å². The van der Waals surface area contributed by atoms with E-state index >= 15 is 0 Å². The number of hydrogen-bond donors (Lipinski definition) is 0. The Labute approximate surface area is 202 Å². The van der Waals surface area contributed by atoms with Crippen molar-refractivity contribution in [1.29, 1.82) is 0 Å². The minimum absolute atomic E-state index is 0. The second-order valence-electron chi connectivity index (χ2n) is 6.82. The van der Waals surface area contributed by atoms with Crippen molar-refractivity contribution in [1.82, 2.24) is 9.88 Å². The number of nitro groups is 1. The zero-order chi connectivity index (χ0) is 22.4. The van der Waals surface area contributed by atoms with Gasteiger partial charge in [-0.2, -0.15) is 0 Å². The van der Waals surface area contributed by atoms with Gasteiger partial charge in [-0.1, -0.05) is 44.2 Å². The smallest absolute Gasteiger partial charge is 0.270 e. The minimum atomic E-state index is -0.416. The van der Waals surface area contributed by atoms with Gasteiger partial charge in [0.1, 0.15) is 0 Å². The Kier molecular flexibility index (Phi) is 9.89. The first-order valence-electron chi connectivity index (χ1n) is 10.3. The summed E-state index contributed by atoms with van der Waals surface area (Å²) in [6, 6.07) is 12.2. The van der Waals surface area contributed by atoms with Crippen LogP contribution in [0.2, 0.25) is 0 Å². The lowest BCUT2D eigenvalue weighted by Crippen LogP contribution is -2.39. The summed E-state index contributed by atoms with van der Waals surface area (Å²) in [6.07, 6.45) is 0. The fraction of sp³-hybridized carbons (Fsp3) is 0.364. The van der Waals surface area contributed by atoms with E-state index in [1.807, 2.05) is 24.3 Å². The lowest BCUT2D eigenvalue weighted by Gasteiger charge is -2.25. The molecule has 0 radical (unpaired) electrons. The molecule has 0 aliphatic rings. The van der Waals surface area contributed by atoms with E-state index in [-0.39, 0.29) is 24.0 Å². The number of rotatable bonds is 10. The number of nitro benzene ring substituents is 1. The van der Waals surface area contributed by atoms with Crippen LogP contribution >= 0.6 is 35.5 Å². The van der Waals surface area contributed by atoms with Gasteiger partial charge in [0.05, 0.1) is 20.7 Å². The van der Waals surface area contributed by atoms with Gasteiger partial charge in [-0.05, 0) is 37.0 Å². The molecule has 0 saturated heterocycles. The second kappa shape index (κ2) is 12.2.